The van der Waals surface area contributed by atoms with Crippen molar-refractivity contribution in [3.05, 3.63) is 10.6 Å². The zero-order valence-corrected chi connectivity index (χ0v) is 13.4. The lowest BCUT2D eigenvalue weighted by molar-refractivity contribution is -0.147. The molecule has 2 aliphatic heterocycles. The van der Waals surface area contributed by atoms with Gasteiger partial charge in [0.05, 0.1) is 36.8 Å². The first-order valence-electron chi connectivity index (χ1n) is 7.17. The molecule has 2 fully saturated rings. The fourth-order valence-corrected chi connectivity index (χ4v) is 4.13. The quantitative estimate of drug-likeness (QED) is 0.787. The van der Waals surface area contributed by atoms with Crippen LogP contribution in [0.2, 0.25) is 0 Å². The molecule has 1 aromatic heterocycles. The highest BCUT2D eigenvalue weighted by Gasteiger charge is 2.55. The number of fused-ring (bicyclic) bond motifs is 2. The van der Waals surface area contributed by atoms with Gasteiger partial charge in [-0.05, 0) is 19.8 Å². The van der Waals surface area contributed by atoms with Crippen LogP contribution in [-0.4, -0.2) is 47.3 Å². The molecular formula is C14H16N2O6S. The summed E-state index contributed by atoms with van der Waals surface area (Å²) in [4.78, 5) is 39.9. The van der Waals surface area contributed by atoms with Gasteiger partial charge in [0.2, 0.25) is 5.91 Å². The normalized spacial score (nSPS) is 28.6. The van der Waals surface area contributed by atoms with Crippen LogP contribution in [-0.2, 0) is 19.1 Å². The number of aromatic nitrogens is 1. The molecule has 2 saturated heterocycles. The Bertz CT molecular complexity index is 672. The van der Waals surface area contributed by atoms with E-state index in [0.29, 0.717) is 23.4 Å². The van der Waals surface area contributed by atoms with Crippen molar-refractivity contribution in [2.45, 2.75) is 32.0 Å². The van der Waals surface area contributed by atoms with E-state index in [1.54, 1.807) is 6.92 Å². The molecule has 2 bridgehead atoms. The van der Waals surface area contributed by atoms with Crippen molar-refractivity contribution in [2.75, 3.05) is 12.4 Å². The van der Waals surface area contributed by atoms with E-state index in [9.17, 15) is 19.5 Å². The molecule has 124 valence electrons. The maximum Gasteiger partial charge on any atom is 0.350 e. The largest absolute Gasteiger partial charge is 0.481 e. The number of aliphatic carboxylic acids is 1. The number of carboxylic acids is 1. The summed E-state index contributed by atoms with van der Waals surface area (Å²) in [6, 6.07) is 0. The number of esters is 1. The van der Waals surface area contributed by atoms with E-state index < -0.39 is 35.8 Å². The molecule has 9 heteroatoms. The first-order valence-corrected chi connectivity index (χ1v) is 7.99. The predicted octanol–water partition coefficient (Wildman–Crippen LogP) is 1.05. The first kappa shape index (κ1) is 15.9. The van der Waals surface area contributed by atoms with Crippen LogP contribution in [0.25, 0.3) is 0 Å². The Kier molecular flexibility index (Phi) is 4.07. The number of methoxy groups -OCH3 is 1. The van der Waals surface area contributed by atoms with E-state index in [4.69, 9.17) is 4.74 Å². The number of nitrogens with one attached hydrogen (secondary N) is 1. The van der Waals surface area contributed by atoms with Crippen LogP contribution in [0.4, 0.5) is 5.13 Å². The van der Waals surface area contributed by atoms with Crippen molar-refractivity contribution in [3.8, 4) is 0 Å². The lowest BCUT2D eigenvalue weighted by Gasteiger charge is -2.23. The topological polar surface area (TPSA) is 115 Å². The molecule has 0 radical (unpaired) electrons. The minimum atomic E-state index is -1.03. The number of carbonyl (C=O) groups is 3. The minimum Gasteiger partial charge on any atom is -0.481 e. The Morgan fingerprint density at radius 1 is 1.30 bits per heavy atom. The number of ether oxygens (including phenoxy) is 2. The molecule has 0 spiro atoms. The number of amides is 1. The van der Waals surface area contributed by atoms with Crippen LogP contribution in [0.5, 0.6) is 0 Å². The summed E-state index contributed by atoms with van der Waals surface area (Å²) >= 11 is 1.00. The predicted molar refractivity (Wildman–Crippen MR) is 79.3 cm³/mol. The second-order valence-electron chi connectivity index (χ2n) is 5.59. The third kappa shape index (κ3) is 2.70. The van der Waals surface area contributed by atoms with Crippen molar-refractivity contribution in [1.82, 2.24) is 4.98 Å². The van der Waals surface area contributed by atoms with E-state index in [0.717, 1.165) is 11.3 Å². The average Bonchev–Trinajstić information content (AvgIpc) is 3.19. The maximum absolute atomic E-state index is 12.5. The zero-order valence-electron chi connectivity index (χ0n) is 12.6. The SMILES string of the molecule is COC(=O)c1sc(NC(=O)[C@H]2[C@@H](C(=O)O)[C@H]3CC[C@H]2O3)nc1C. The molecule has 1 aromatic rings. The number of aryl methyl sites for hydroxylation is 1. The highest BCUT2D eigenvalue weighted by atomic mass is 32.1. The smallest absolute Gasteiger partial charge is 0.350 e. The van der Waals surface area contributed by atoms with Crippen LogP contribution in [0, 0.1) is 18.8 Å². The highest BCUT2D eigenvalue weighted by molar-refractivity contribution is 7.17. The molecule has 4 atom stereocenters. The summed E-state index contributed by atoms with van der Waals surface area (Å²) in [6.07, 6.45) is 0.560. The van der Waals surface area contributed by atoms with Crippen molar-refractivity contribution >= 4 is 34.3 Å². The third-order valence-electron chi connectivity index (χ3n) is 4.26. The Hall–Kier alpha value is -2.00. The van der Waals surface area contributed by atoms with Crippen LogP contribution in [0.3, 0.4) is 0 Å². The van der Waals surface area contributed by atoms with Gasteiger partial charge in [0.25, 0.3) is 0 Å². The van der Waals surface area contributed by atoms with Crippen molar-refractivity contribution in [1.29, 1.82) is 0 Å². The van der Waals surface area contributed by atoms with E-state index >= 15 is 0 Å². The second kappa shape index (κ2) is 5.89. The fraction of sp³-hybridized carbons (Fsp3) is 0.571. The van der Waals surface area contributed by atoms with Crippen LogP contribution in [0.15, 0.2) is 0 Å². The molecular weight excluding hydrogens is 324 g/mol. The van der Waals surface area contributed by atoms with E-state index in [-0.39, 0.29) is 11.2 Å². The fourth-order valence-electron chi connectivity index (χ4n) is 3.25. The summed E-state index contributed by atoms with van der Waals surface area (Å²) < 4.78 is 10.2. The summed E-state index contributed by atoms with van der Waals surface area (Å²) in [5.74, 6) is -3.56. The second-order valence-corrected chi connectivity index (χ2v) is 6.59. The molecule has 23 heavy (non-hydrogen) atoms. The summed E-state index contributed by atoms with van der Waals surface area (Å²) in [6.45, 7) is 1.64. The van der Waals surface area contributed by atoms with Gasteiger partial charge in [-0.15, -0.1) is 0 Å². The number of nitrogens with zero attached hydrogens (tertiary/aromatic N) is 1. The summed E-state index contributed by atoms with van der Waals surface area (Å²) in [7, 11) is 1.27. The van der Waals surface area contributed by atoms with Gasteiger partial charge in [-0.2, -0.15) is 0 Å². The van der Waals surface area contributed by atoms with Gasteiger partial charge in [-0.3, -0.25) is 9.59 Å². The van der Waals surface area contributed by atoms with Gasteiger partial charge in [0.15, 0.2) is 5.13 Å². The van der Waals surface area contributed by atoms with Crippen molar-refractivity contribution in [2.24, 2.45) is 11.8 Å². The number of thiazole rings is 1. The van der Waals surface area contributed by atoms with Gasteiger partial charge >= 0.3 is 11.9 Å². The number of hydrogen-bond donors (Lipinski definition) is 2. The standard InChI is InChI=1S/C14H16N2O6S/c1-5-10(13(20)21-2)23-14(15-5)16-11(17)8-6-3-4-7(22-6)9(8)12(18)19/h6-9H,3-4H2,1-2H3,(H,18,19)(H,15,16,17)/t6-,7-,8-,9+/m1/s1. The van der Waals surface area contributed by atoms with E-state index in [1.165, 1.54) is 7.11 Å². The summed E-state index contributed by atoms with van der Waals surface area (Å²) in [5.41, 5.74) is 0.455. The van der Waals surface area contributed by atoms with Crippen LogP contribution < -0.4 is 5.32 Å². The third-order valence-corrected chi connectivity index (χ3v) is 5.31. The zero-order chi connectivity index (χ0) is 16.7. The van der Waals surface area contributed by atoms with Crippen LogP contribution >= 0.6 is 11.3 Å². The number of carbonyl (C=O) groups excluding carboxylic acids is 2. The number of anilines is 1. The Labute approximate surface area is 135 Å². The molecule has 3 heterocycles. The Morgan fingerprint density at radius 2 is 1.96 bits per heavy atom. The molecule has 0 aliphatic carbocycles. The monoisotopic (exact) mass is 340 g/mol. The van der Waals surface area contributed by atoms with E-state index in [2.05, 4.69) is 15.0 Å². The molecule has 0 unspecified atom stereocenters. The Morgan fingerprint density at radius 3 is 2.57 bits per heavy atom. The lowest BCUT2D eigenvalue weighted by atomic mass is 9.79. The molecule has 3 rings (SSSR count). The minimum absolute atomic E-state index is 0.250. The van der Waals surface area contributed by atoms with Crippen molar-refractivity contribution < 1.29 is 29.0 Å². The Balaban J connectivity index is 1.77. The number of rotatable bonds is 4. The highest BCUT2D eigenvalue weighted by Crippen LogP contribution is 2.44. The number of carboxylic acid groups (broad SMARTS) is 1. The van der Waals surface area contributed by atoms with Gasteiger partial charge < -0.3 is 19.9 Å². The van der Waals surface area contributed by atoms with E-state index in [1.807, 2.05) is 0 Å². The van der Waals surface area contributed by atoms with Crippen LogP contribution in [0.1, 0.15) is 28.2 Å². The molecule has 2 aliphatic rings. The molecule has 0 saturated carbocycles. The molecule has 0 aromatic carbocycles. The lowest BCUT2D eigenvalue weighted by Crippen LogP contribution is -2.40. The summed E-state index contributed by atoms with van der Waals surface area (Å²) in [5, 5.41) is 12.2. The van der Waals surface area contributed by atoms with Gasteiger partial charge in [-0.25, -0.2) is 9.78 Å². The van der Waals surface area contributed by atoms with Gasteiger partial charge in [-0.1, -0.05) is 11.3 Å². The first-order chi connectivity index (χ1) is 10.9. The molecule has 2 N–H and O–H groups in total. The number of hydrogen-bond acceptors (Lipinski definition) is 7. The van der Waals surface area contributed by atoms with Gasteiger partial charge in [0.1, 0.15) is 4.88 Å². The molecule has 8 nitrogen and oxygen atoms in total. The maximum atomic E-state index is 12.5. The van der Waals surface area contributed by atoms with Crippen molar-refractivity contribution in [3.63, 3.8) is 0 Å². The average molecular weight is 340 g/mol. The van der Waals surface area contributed by atoms with Gasteiger partial charge in [0, 0.05) is 0 Å². The molecule has 1 amide bonds.